The topological polar surface area (TPSA) is 86.5 Å². The van der Waals surface area contributed by atoms with Crippen molar-refractivity contribution in [3.8, 4) is 17.2 Å². The van der Waals surface area contributed by atoms with Gasteiger partial charge in [0, 0.05) is 6.07 Å². The fourth-order valence-electron chi connectivity index (χ4n) is 2.80. The van der Waals surface area contributed by atoms with Gasteiger partial charge in [0.15, 0.2) is 23.0 Å². The lowest BCUT2D eigenvalue weighted by molar-refractivity contribution is 0.386. The van der Waals surface area contributed by atoms with Crippen LogP contribution in [0.25, 0.3) is 16.7 Å². The third kappa shape index (κ3) is 3.70. The number of hydrogen-bond acceptors (Lipinski definition) is 7. The normalized spacial score (nSPS) is 11.1. The van der Waals surface area contributed by atoms with E-state index >= 15 is 0 Å². The Morgan fingerprint density at radius 1 is 1.10 bits per heavy atom. The van der Waals surface area contributed by atoms with Crippen molar-refractivity contribution >= 4 is 23.1 Å². The lowest BCUT2D eigenvalue weighted by Gasteiger charge is -2.06. The van der Waals surface area contributed by atoms with Crippen LogP contribution in [-0.2, 0) is 0 Å². The minimum absolute atomic E-state index is 0.178. The third-order valence-electron chi connectivity index (χ3n) is 4.22. The zero-order chi connectivity index (χ0) is 20.2. The predicted octanol–water partition coefficient (Wildman–Crippen LogP) is 3.42. The van der Waals surface area contributed by atoms with Gasteiger partial charge < -0.3 is 9.47 Å². The molecule has 0 saturated heterocycles. The SMILES string of the molecule is COc1cccc(-n2ncc3c(NN=Cc4ccc(OC)c(F)c4)ncnc32)c1. The molecule has 0 unspecified atom stereocenters. The highest BCUT2D eigenvalue weighted by Gasteiger charge is 2.11. The standard InChI is InChI=1S/C20H17FN6O2/c1-28-15-5-3-4-14(9-15)27-20-16(11-25-27)19(22-12-23-20)26-24-10-13-6-7-18(29-2)17(21)8-13/h3-12H,1-2H3,(H,22,23,26). The van der Waals surface area contributed by atoms with E-state index in [-0.39, 0.29) is 5.75 Å². The molecular weight excluding hydrogens is 375 g/mol. The molecular formula is C20H17FN6O2. The van der Waals surface area contributed by atoms with Gasteiger partial charge in [0.1, 0.15) is 12.1 Å². The fraction of sp³-hybridized carbons (Fsp3) is 0.100. The molecule has 0 aliphatic heterocycles. The molecule has 0 bridgehead atoms. The number of rotatable bonds is 6. The van der Waals surface area contributed by atoms with Crippen LogP contribution in [0.3, 0.4) is 0 Å². The summed E-state index contributed by atoms with van der Waals surface area (Å²) in [5, 5.41) is 9.23. The number of nitrogens with one attached hydrogen (secondary N) is 1. The van der Waals surface area contributed by atoms with Crippen molar-refractivity contribution in [2.24, 2.45) is 5.10 Å². The Kier molecular flexibility index (Phi) is 5.02. The summed E-state index contributed by atoms with van der Waals surface area (Å²) in [5.74, 6) is 0.919. The molecule has 9 heteroatoms. The first-order valence-corrected chi connectivity index (χ1v) is 8.65. The van der Waals surface area contributed by atoms with E-state index < -0.39 is 5.82 Å². The molecule has 0 radical (unpaired) electrons. The highest BCUT2D eigenvalue weighted by molar-refractivity contribution is 5.88. The van der Waals surface area contributed by atoms with Gasteiger partial charge in [-0.05, 0) is 35.9 Å². The van der Waals surface area contributed by atoms with Crippen molar-refractivity contribution in [3.63, 3.8) is 0 Å². The van der Waals surface area contributed by atoms with E-state index in [1.54, 1.807) is 24.1 Å². The molecule has 0 aliphatic carbocycles. The molecule has 0 saturated carbocycles. The number of ether oxygens (including phenoxy) is 2. The smallest absolute Gasteiger partial charge is 0.168 e. The molecule has 8 nitrogen and oxygen atoms in total. The Morgan fingerprint density at radius 3 is 2.79 bits per heavy atom. The van der Waals surface area contributed by atoms with E-state index in [1.165, 1.54) is 31.8 Å². The van der Waals surface area contributed by atoms with E-state index in [2.05, 4.69) is 25.6 Å². The van der Waals surface area contributed by atoms with Crippen LogP contribution in [0.5, 0.6) is 11.5 Å². The second-order valence-electron chi connectivity index (χ2n) is 5.98. The van der Waals surface area contributed by atoms with E-state index in [1.807, 2.05) is 24.3 Å². The van der Waals surface area contributed by atoms with Gasteiger partial charge in [-0.2, -0.15) is 10.2 Å². The van der Waals surface area contributed by atoms with Crippen LogP contribution < -0.4 is 14.9 Å². The van der Waals surface area contributed by atoms with Gasteiger partial charge in [0.2, 0.25) is 0 Å². The van der Waals surface area contributed by atoms with Crippen LogP contribution in [0.15, 0.2) is 60.1 Å². The number of fused-ring (bicyclic) bond motifs is 1. The van der Waals surface area contributed by atoms with Gasteiger partial charge >= 0.3 is 0 Å². The summed E-state index contributed by atoms with van der Waals surface area (Å²) in [6.07, 6.45) is 4.56. The van der Waals surface area contributed by atoms with Crippen LogP contribution in [0.4, 0.5) is 10.2 Å². The monoisotopic (exact) mass is 392 g/mol. The van der Waals surface area contributed by atoms with Gasteiger partial charge in [-0.3, -0.25) is 5.43 Å². The molecule has 0 amide bonds. The number of hydrogen-bond donors (Lipinski definition) is 1. The van der Waals surface area contributed by atoms with Crippen LogP contribution in [0.1, 0.15) is 5.56 Å². The molecule has 2 heterocycles. The lowest BCUT2D eigenvalue weighted by atomic mass is 10.2. The molecule has 2 aromatic heterocycles. The molecule has 29 heavy (non-hydrogen) atoms. The number of benzene rings is 2. The maximum absolute atomic E-state index is 13.8. The van der Waals surface area contributed by atoms with Crippen LogP contribution in [0.2, 0.25) is 0 Å². The number of methoxy groups -OCH3 is 2. The second-order valence-corrected chi connectivity index (χ2v) is 5.98. The molecule has 4 rings (SSSR count). The van der Waals surface area contributed by atoms with E-state index in [0.717, 1.165) is 11.4 Å². The minimum Gasteiger partial charge on any atom is -0.497 e. The first kappa shape index (κ1) is 18.4. The summed E-state index contributed by atoms with van der Waals surface area (Å²) >= 11 is 0. The largest absolute Gasteiger partial charge is 0.497 e. The van der Waals surface area contributed by atoms with Crippen LogP contribution in [-0.4, -0.2) is 40.2 Å². The molecule has 2 aromatic carbocycles. The Balaban J connectivity index is 1.60. The first-order valence-electron chi connectivity index (χ1n) is 8.65. The highest BCUT2D eigenvalue weighted by Crippen LogP contribution is 2.23. The molecule has 0 spiro atoms. The Bertz CT molecular complexity index is 1190. The van der Waals surface area contributed by atoms with Gasteiger partial charge in [0.05, 0.1) is 37.7 Å². The van der Waals surface area contributed by atoms with Crippen molar-refractivity contribution in [1.29, 1.82) is 0 Å². The Hall–Kier alpha value is -4.01. The van der Waals surface area contributed by atoms with Crippen molar-refractivity contribution < 1.29 is 13.9 Å². The molecule has 1 N–H and O–H groups in total. The lowest BCUT2D eigenvalue weighted by Crippen LogP contribution is -2.00. The van der Waals surface area contributed by atoms with Gasteiger partial charge in [-0.25, -0.2) is 19.0 Å². The van der Waals surface area contributed by atoms with Crippen molar-refractivity contribution in [2.45, 2.75) is 0 Å². The summed E-state index contributed by atoms with van der Waals surface area (Å²) in [4.78, 5) is 8.54. The van der Waals surface area contributed by atoms with Crippen molar-refractivity contribution in [2.75, 3.05) is 19.6 Å². The highest BCUT2D eigenvalue weighted by atomic mass is 19.1. The summed E-state index contributed by atoms with van der Waals surface area (Å²) in [7, 11) is 3.02. The van der Waals surface area contributed by atoms with Crippen molar-refractivity contribution in [1.82, 2.24) is 19.7 Å². The molecule has 4 aromatic rings. The van der Waals surface area contributed by atoms with Gasteiger partial charge in [0.25, 0.3) is 0 Å². The predicted molar refractivity (Wildman–Crippen MR) is 107 cm³/mol. The second kappa shape index (κ2) is 7.93. The van der Waals surface area contributed by atoms with Gasteiger partial charge in [-0.1, -0.05) is 6.07 Å². The maximum atomic E-state index is 13.8. The Morgan fingerprint density at radius 2 is 2.00 bits per heavy atom. The molecule has 0 aliphatic rings. The first-order chi connectivity index (χ1) is 14.2. The third-order valence-corrected chi connectivity index (χ3v) is 4.22. The maximum Gasteiger partial charge on any atom is 0.168 e. The molecule has 0 fully saturated rings. The van der Waals surface area contributed by atoms with Crippen LogP contribution >= 0.6 is 0 Å². The number of aromatic nitrogens is 4. The number of hydrazone groups is 1. The summed E-state index contributed by atoms with van der Waals surface area (Å²) < 4.78 is 25.6. The minimum atomic E-state index is -0.458. The Labute approximate surface area is 165 Å². The number of halogens is 1. The van der Waals surface area contributed by atoms with E-state index in [9.17, 15) is 4.39 Å². The average Bonchev–Trinajstić information content (AvgIpc) is 3.19. The zero-order valence-corrected chi connectivity index (χ0v) is 15.7. The quantitative estimate of drug-likeness (QED) is 0.400. The van der Waals surface area contributed by atoms with Crippen LogP contribution in [0, 0.1) is 5.82 Å². The van der Waals surface area contributed by atoms with E-state index in [4.69, 9.17) is 9.47 Å². The summed E-state index contributed by atoms with van der Waals surface area (Å²) in [5.41, 5.74) is 4.85. The van der Waals surface area contributed by atoms with E-state index in [0.29, 0.717) is 22.4 Å². The molecule has 0 atom stereocenters. The fourth-order valence-corrected chi connectivity index (χ4v) is 2.80. The summed E-state index contributed by atoms with van der Waals surface area (Å²) in [6, 6.07) is 12.1. The number of anilines is 1. The molecule has 146 valence electrons. The zero-order valence-electron chi connectivity index (χ0n) is 15.7. The average molecular weight is 392 g/mol. The number of nitrogens with zero attached hydrogens (tertiary/aromatic N) is 5. The van der Waals surface area contributed by atoms with Gasteiger partial charge in [-0.15, -0.1) is 0 Å². The summed E-state index contributed by atoms with van der Waals surface area (Å²) in [6.45, 7) is 0. The van der Waals surface area contributed by atoms with Crippen molar-refractivity contribution in [3.05, 3.63) is 66.4 Å².